The average molecular weight is 228 g/mol. The first-order valence-corrected chi connectivity index (χ1v) is 6.02. The van der Waals surface area contributed by atoms with Crippen LogP contribution in [0.5, 0.6) is 0 Å². The monoisotopic (exact) mass is 228 g/mol. The van der Waals surface area contributed by atoms with E-state index in [2.05, 4.69) is 0 Å². The molecule has 4 heteroatoms. The third kappa shape index (κ3) is 3.51. The predicted molar refractivity (Wildman–Crippen MR) is 59.3 cm³/mol. The summed E-state index contributed by atoms with van der Waals surface area (Å²) in [4.78, 5) is 21.3. The van der Waals surface area contributed by atoms with Crippen molar-refractivity contribution in [3.63, 3.8) is 0 Å². The number of carboxylic acid groups (broad SMARTS) is 2. The van der Waals surface area contributed by atoms with Gasteiger partial charge in [-0.15, -0.1) is 0 Å². The minimum Gasteiger partial charge on any atom is -0.481 e. The van der Waals surface area contributed by atoms with E-state index in [4.69, 9.17) is 10.2 Å². The van der Waals surface area contributed by atoms with Crippen LogP contribution in [0.1, 0.15) is 57.8 Å². The molecule has 4 nitrogen and oxygen atoms in total. The molecule has 0 unspecified atom stereocenters. The Morgan fingerprint density at radius 3 is 2.06 bits per heavy atom. The molecule has 0 atom stereocenters. The molecule has 0 aromatic rings. The molecule has 0 radical (unpaired) electrons. The maximum absolute atomic E-state index is 11.0. The van der Waals surface area contributed by atoms with E-state index in [-0.39, 0.29) is 6.42 Å². The summed E-state index contributed by atoms with van der Waals surface area (Å²) < 4.78 is 0. The summed E-state index contributed by atoms with van der Waals surface area (Å²) in [5.74, 6) is -1.40. The summed E-state index contributed by atoms with van der Waals surface area (Å²) in [6.07, 6.45) is 7.10. The van der Waals surface area contributed by atoms with Gasteiger partial charge in [0.1, 0.15) is 0 Å². The quantitative estimate of drug-likeness (QED) is 0.626. The molecule has 0 aromatic carbocycles. The summed E-state index contributed by atoms with van der Waals surface area (Å²) in [5, 5.41) is 17.5. The van der Waals surface area contributed by atoms with Crippen LogP contribution >= 0.6 is 0 Å². The first kappa shape index (κ1) is 13.0. The zero-order chi connectivity index (χ0) is 12.0. The summed E-state index contributed by atoms with van der Waals surface area (Å²) in [6, 6.07) is 0. The zero-order valence-corrected chi connectivity index (χ0v) is 9.57. The molecule has 2 N–H and O–H groups in total. The third-order valence-corrected chi connectivity index (χ3v) is 3.56. The second-order valence-corrected chi connectivity index (χ2v) is 4.75. The number of carboxylic acids is 2. The highest BCUT2D eigenvalue weighted by atomic mass is 16.4. The van der Waals surface area contributed by atoms with Crippen molar-refractivity contribution in [2.75, 3.05) is 0 Å². The maximum Gasteiger partial charge on any atom is 0.309 e. The van der Waals surface area contributed by atoms with E-state index in [1.807, 2.05) is 0 Å². The highest BCUT2D eigenvalue weighted by Gasteiger charge is 2.43. The second kappa shape index (κ2) is 5.87. The zero-order valence-electron chi connectivity index (χ0n) is 9.57. The van der Waals surface area contributed by atoms with Crippen LogP contribution in [-0.2, 0) is 9.59 Å². The number of unbranched alkanes of at least 4 members (excludes halogenated alkanes) is 3. The highest BCUT2D eigenvalue weighted by Crippen LogP contribution is 2.45. The Morgan fingerprint density at radius 2 is 1.62 bits per heavy atom. The van der Waals surface area contributed by atoms with E-state index in [0.717, 1.165) is 44.9 Å². The Balaban J connectivity index is 2.06. The number of rotatable bonds is 8. The Hall–Kier alpha value is -1.06. The van der Waals surface area contributed by atoms with Crippen molar-refractivity contribution >= 4 is 11.9 Å². The van der Waals surface area contributed by atoms with Crippen molar-refractivity contribution < 1.29 is 19.8 Å². The van der Waals surface area contributed by atoms with Crippen LogP contribution in [-0.4, -0.2) is 22.2 Å². The van der Waals surface area contributed by atoms with E-state index in [9.17, 15) is 9.59 Å². The fraction of sp³-hybridized carbons (Fsp3) is 0.833. The Morgan fingerprint density at radius 1 is 1.00 bits per heavy atom. The second-order valence-electron chi connectivity index (χ2n) is 4.75. The van der Waals surface area contributed by atoms with Gasteiger partial charge in [-0.1, -0.05) is 25.7 Å². The van der Waals surface area contributed by atoms with Crippen LogP contribution in [0.15, 0.2) is 0 Å². The van der Waals surface area contributed by atoms with Crippen LogP contribution in [0.4, 0.5) is 0 Å². The van der Waals surface area contributed by atoms with Gasteiger partial charge in [0.25, 0.3) is 0 Å². The summed E-state index contributed by atoms with van der Waals surface area (Å²) in [6.45, 7) is 0. The van der Waals surface area contributed by atoms with Gasteiger partial charge in [-0.3, -0.25) is 9.59 Å². The van der Waals surface area contributed by atoms with Gasteiger partial charge < -0.3 is 10.2 Å². The maximum atomic E-state index is 11.0. The third-order valence-electron chi connectivity index (χ3n) is 3.56. The van der Waals surface area contributed by atoms with Gasteiger partial charge in [0.2, 0.25) is 0 Å². The smallest absolute Gasteiger partial charge is 0.309 e. The van der Waals surface area contributed by atoms with Crippen LogP contribution in [0.2, 0.25) is 0 Å². The van der Waals surface area contributed by atoms with Gasteiger partial charge >= 0.3 is 11.9 Å². The molecule has 0 aliphatic heterocycles. The van der Waals surface area contributed by atoms with Crippen molar-refractivity contribution in [2.24, 2.45) is 5.41 Å². The van der Waals surface area contributed by atoms with Crippen molar-refractivity contribution in [1.82, 2.24) is 0 Å². The lowest BCUT2D eigenvalue weighted by molar-refractivity contribution is -0.155. The first-order chi connectivity index (χ1) is 7.57. The molecular formula is C12H20O4. The van der Waals surface area contributed by atoms with Crippen LogP contribution in [0, 0.1) is 5.41 Å². The summed E-state index contributed by atoms with van der Waals surface area (Å²) >= 11 is 0. The predicted octanol–water partition coefficient (Wildman–Crippen LogP) is 2.67. The lowest BCUT2D eigenvalue weighted by Crippen LogP contribution is -2.37. The van der Waals surface area contributed by atoms with Crippen molar-refractivity contribution in [1.29, 1.82) is 0 Å². The molecular weight excluding hydrogens is 208 g/mol. The molecule has 0 spiro atoms. The fourth-order valence-corrected chi connectivity index (χ4v) is 2.27. The van der Waals surface area contributed by atoms with E-state index in [1.165, 1.54) is 0 Å². The van der Waals surface area contributed by atoms with E-state index in [1.54, 1.807) is 0 Å². The minimum absolute atomic E-state index is 0.226. The van der Waals surface area contributed by atoms with Crippen LogP contribution < -0.4 is 0 Å². The van der Waals surface area contributed by atoms with Gasteiger partial charge in [-0.05, 0) is 25.7 Å². The Kier molecular flexibility index (Phi) is 4.77. The molecule has 0 aromatic heterocycles. The number of carbonyl (C=O) groups is 2. The van der Waals surface area contributed by atoms with Gasteiger partial charge in [-0.2, -0.15) is 0 Å². The standard InChI is InChI=1S/C12H20O4/c13-10(14)6-3-1-2-4-7-12(11(15)16)8-5-9-12/h1-9H2,(H,13,14)(H,15,16). The Labute approximate surface area is 95.7 Å². The van der Waals surface area contributed by atoms with Crippen molar-refractivity contribution in [3.8, 4) is 0 Å². The normalized spacial score (nSPS) is 17.8. The lowest BCUT2D eigenvalue weighted by atomic mass is 9.66. The molecule has 1 fully saturated rings. The minimum atomic E-state index is -0.749. The van der Waals surface area contributed by atoms with E-state index in [0.29, 0.717) is 6.42 Å². The van der Waals surface area contributed by atoms with E-state index < -0.39 is 17.4 Å². The largest absolute Gasteiger partial charge is 0.481 e. The fourth-order valence-electron chi connectivity index (χ4n) is 2.27. The lowest BCUT2D eigenvalue weighted by Gasteiger charge is -2.37. The molecule has 1 rings (SSSR count). The first-order valence-electron chi connectivity index (χ1n) is 6.02. The molecule has 92 valence electrons. The number of hydrogen-bond acceptors (Lipinski definition) is 2. The van der Waals surface area contributed by atoms with Gasteiger partial charge in [0, 0.05) is 6.42 Å². The molecule has 1 aliphatic rings. The molecule has 0 amide bonds. The molecule has 0 bridgehead atoms. The summed E-state index contributed by atoms with van der Waals surface area (Å²) in [7, 11) is 0. The number of hydrogen-bond donors (Lipinski definition) is 2. The van der Waals surface area contributed by atoms with Crippen molar-refractivity contribution in [2.45, 2.75) is 57.8 Å². The van der Waals surface area contributed by atoms with Crippen LogP contribution in [0.25, 0.3) is 0 Å². The van der Waals surface area contributed by atoms with Gasteiger partial charge in [0.15, 0.2) is 0 Å². The molecule has 0 heterocycles. The van der Waals surface area contributed by atoms with Gasteiger partial charge in [-0.25, -0.2) is 0 Å². The molecule has 1 aliphatic carbocycles. The molecule has 1 saturated carbocycles. The Bertz CT molecular complexity index is 256. The van der Waals surface area contributed by atoms with Gasteiger partial charge in [0.05, 0.1) is 5.41 Å². The SMILES string of the molecule is O=C(O)CCCCCCC1(C(=O)O)CCC1. The number of aliphatic carboxylic acids is 2. The topological polar surface area (TPSA) is 74.6 Å². The van der Waals surface area contributed by atoms with Crippen LogP contribution in [0.3, 0.4) is 0 Å². The summed E-state index contributed by atoms with van der Waals surface area (Å²) in [5.41, 5.74) is -0.438. The van der Waals surface area contributed by atoms with Crippen molar-refractivity contribution in [3.05, 3.63) is 0 Å². The average Bonchev–Trinajstić information content (AvgIpc) is 2.12. The molecule has 0 saturated heterocycles. The highest BCUT2D eigenvalue weighted by molar-refractivity contribution is 5.75. The van der Waals surface area contributed by atoms with E-state index >= 15 is 0 Å². The molecule has 16 heavy (non-hydrogen) atoms.